The first-order valence-corrected chi connectivity index (χ1v) is 7.88. The van der Waals surface area contributed by atoms with Crippen LogP contribution < -0.4 is 5.32 Å². The molecule has 2 unspecified atom stereocenters. The van der Waals surface area contributed by atoms with Gasteiger partial charge in [-0.2, -0.15) is 0 Å². The molecule has 1 heterocycles. The molecule has 0 aromatic carbocycles. The molecule has 1 aromatic heterocycles. The Morgan fingerprint density at radius 2 is 2.18 bits per heavy atom. The lowest BCUT2D eigenvalue weighted by Gasteiger charge is -2.30. The molecule has 1 saturated carbocycles. The summed E-state index contributed by atoms with van der Waals surface area (Å²) in [4.78, 5) is 4.46. The Kier molecular flexibility index (Phi) is 5.26. The number of alkyl halides is 1. The van der Waals surface area contributed by atoms with Crippen LogP contribution in [0.15, 0.2) is 5.38 Å². The van der Waals surface area contributed by atoms with Crippen LogP contribution in [-0.2, 0) is 6.54 Å². The Labute approximate surface area is 113 Å². The number of halogens is 1. The predicted molar refractivity (Wildman–Crippen MR) is 74.7 cm³/mol. The summed E-state index contributed by atoms with van der Waals surface area (Å²) in [7, 11) is 0. The third-order valence-corrected chi connectivity index (χ3v) is 4.86. The highest BCUT2D eigenvalue weighted by Gasteiger charge is 2.23. The molecule has 1 aliphatic rings. The van der Waals surface area contributed by atoms with Crippen molar-refractivity contribution in [2.45, 2.75) is 39.2 Å². The lowest BCUT2D eigenvalue weighted by Crippen LogP contribution is -2.31. The zero-order valence-electron chi connectivity index (χ0n) is 10.4. The largest absolute Gasteiger partial charge is 0.311 e. The normalized spacial score (nSPS) is 25.1. The van der Waals surface area contributed by atoms with Crippen LogP contribution in [0, 0.1) is 18.8 Å². The SMILES string of the molecule is Cc1nc(CNCC2CCCCC2CCl)cs1. The molecular weight excluding hydrogens is 252 g/mol. The van der Waals surface area contributed by atoms with Gasteiger partial charge in [0.15, 0.2) is 0 Å². The number of hydrogen-bond donors (Lipinski definition) is 1. The Balaban J connectivity index is 1.73. The molecule has 1 N–H and O–H groups in total. The highest BCUT2D eigenvalue weighted by molar-refractivity contribution is 7.09. The maximum atomic E-state index is 6.04. The summed E-state index contributed by atoms with van der Waals surface area (Å²) in [6.07, 6.45) is 5.38. The average molecular weight is 273 g/mol. The van der Waals surface area contributed by atoms with Crippen molar-refractivity contribution in [1.82, 2.24) is 10.3 Å². The number of thiazole rings is 1. The number of aryl methyl sites for hydroxylation is 1. The molecule has 0 saturated heterocycles. The minimum Gasteiger partial charge on any atom is -0.311 e. The Bertz CT molecular complexity index is 340. The molecule has 0 aliphatic heterocycles. The fraction of sp³-hybridized carbons (Fsp3) is 0.769. The van der Waals surface area contributed by atoms with Crippen molar-refractivity contribution in [2.24, 2.45) is 11.8 Å². The number of nitrogens with one attached hydrogen (secondary N) is 1. The average Bonchev–Trinajstić information content (AvgIpc) is 2.76. The first kappa shape index (κ1) is 13.3. The number of rotatable bonds is 5. The van der Waals surface area contributed by atoms with Crippen LogP contribution >= 0.6 is 22.9 Å². The topological polar surface area (TPSA) is 24.9 Å². The monoisotopic (exact) mass is 272 g/mol. The first-order chi connectivity index (χ1) is 8.29. The van der Waals surface area contributed by atoms with E-state index in [9.17, 15) is 0 Å². The molecule has 96 valence electrons. The van der Waals surface area contributed by atoms with Crippen LogP contribution in [0.2, 0.25) is 0 Å². The molecule has 2 atom stereocenters. The fourth-order valence-corrected chi connectivity index (χ4v) is 3.65. The minimum atomic E-state index is 0.718. The van der Waals surface area contributed by atoms with E-state index in [1.165, 1.54) is 31.4 Å². The van der Waals surface area contributed by atoms with Crippen LogP contribution in [0.4, 0.5) is 0 Å². The lowest BCUT2D eigenvalue weighted by atomic mass is 9.80. The van der Waals surface area contributed by atoms with Crippen molar-refractivity contribution in [2.75, 3.05) is 12.4 Å². The summed E-state index contributed by atoms with van der Waals surface area (Å²) in [6.45, 7) is 4.04. The third kappa shape index (κ3) is 3.94. The summed E-state index contributed by atoms with van der Waals surface area (Å²) in [5, 5.41) is 6.83. The van der Waals surface area contributed by atoms with E-state index in [0.717, 1.165) is 35.8 Å². The second-order valence-corrected chi connectivity index (χ2v) is 6.32. The first-order valence-electron chi connectivity index (χ1n) is 6.47. The molecule has 0 bridgehead atoms. The third-order valence-electron chi connectivity index (χ3n) is 3.64. The van der Waals surface area contributed by atoms with Gasteiger partial charge in [0.1, 0.15) is 0 Å². The summed E-state index contributed by atoms with van der Waals surface area (Å²) in [5.74, 6) is 2.30. The quantitative estimate of drug-likeness (QED) is 0.829. The van der Waals surface area contributed by atoms with Crippen LogP contribution in [0.25, 0.3) is 0 Å². The molecule has 1 aromatic rings. The number of nitrogens with zero attached hydrogens (tertiary/aromatic N) is 1. The Morgan fingerprint density at radius 1 is 1.41 bits per heavy atom. The Hall–Kier alpha value is -0.120. The molecule has 1 aliphatic carbocycles. The van der Waals surface area contributed by atoms with Gasteiger partial charge in [-0.25, -0.2) is 4.98 Å². The second-order valence-electron chi connectivity index (χ2n) is 4.95. The van der Waals surface area contributed by atoms with Crippen molar-refractivity contribution < 1.29 is 0 Å². The maximum Gasteiger partial charge on any atom is 0.0897 e. The number of aromatic nitrogens is 1. The smallest absolute Gasteiger partial charge is 0.0897 e. The van der Waals surface area contributed by atoms with E-state index in [4.69, 9.17) is 11.6 Å². The molecule has 0 amide bonds. The van der Waals surface area contributed by atoms with E-state index >= 15 is 0 Å². The molecular formula is C13H21ClN2S. The van der Waals surface area contributed by atoms with Gasteiger partial charge >= 0.3 is 0 Å². The standard InChI is InChI=1S/C13H21ClN2S/c1-10-16-13(9-17-10)8-15-7-12-5-3-2-4-11(12)6-14/h9,11-12,15H,2-8H2,1H3. The molecule has 2 rings (SSSR count). The van der Waals surface area contributed by atoms with Crippen molar-refractivity contribution in [3.05, 3.63) is 16.1 Å². The van der Waals surface area contributed by atoms with Gasteiger partial charge in [-0.1, -0.05) is 12.8 Å². The summed E-state index contributed by atoms with van der Waals surface area (Å²) < 4.78 is 0. The molecule has 0 spiro atoms. The van der Waals surface area contributed by atoms with Crippen molar-refractivity contribution in [3.63, 3.8) is 0 Å². The molecule has 1 fully saturated rings. The highest BCUT2D eigenvalue weighted by atomic mass is 35.5. The van der Waals surface area contributed by atoms with E-state index in [0.29, 0.717) is 0 Å². The van der Waals surface area contributed by atoms with Crippen LogP contribution in [0.1, 0.15) is 36.4 Å². The van der Waals surface area contributed by atoms with Gasteiger partial charge in [-0.05, 0) is 38.1 Å². The van der Waals surface area contributed by atoms with E-state index in [2.05, 4.69) is 22.6 Å². The van der Waals surface area contributed by atoms with Gasteiger partial charge in [-0.15, -0.1) is 22.9 Å². The summed E-state index contributed by atoms with van der Waals surface area (Å²) in [6, 6.07) is 0. The molecule has 2 nitrogen and oxygen atoms in total. The number of hydrogen-bond acceptors (Lipinski definition) is 3. The minimum absolute atomic E-state index is 0.718. The van der Waals surface area contributed by atoms with Gasteiger partial charge in [0.05, 0.1) is 10.7 Å². The lowest BCUT2D eigenvalue weighted by molar-refractivity contribution is 0.250. The zero-order chi connectivity index (χ0) is 12.1. The maximum absolute atomic E-state index is 6.04. The zero-order valence-corrected chi connectivity index (χ0v) is 12.0. The van der Waals surface area contributed by atoms with Crippen LogP contribution in [-0.4, -0.2) is 17.4 Å². The summed E-state index contributed by atoms with van der Waals surface area (Å²) in [5.41, 5.74) is 1.17. The van der Waals surface area contributed by atoms with E-state index in [1.807, 2.05) is 0 Å². The van der Waals surface area contributed by atoms with Gasteiger partial charge in [0, 0.05) is 17.8 Å². The van der Waals surface area contributed by atoms with E-state index < -0.39 is 0 Å². The predicted octanol–water partition coefficient (Wildman–Crippen LogP) is 3.59. The Morgan fingerprint density at radius 3 is 2.82 bits per heavy atom. The second kappa shape index (κ2) is 6.72. The van der Waals surface area contributed by atoms with Gasteiger partial charge < -0.3 is 5.32 Å². The van der Waals surface area contributed by atoms with Crippen molar-refractivity contribution in [3.8, 4) is 0 Å². The van der Waals surface area contributed by atoms with Crippen LogP contribution in [0.3, 0.4) is 0 Å². The van der Waals surface area contributed by atoms with Gasteiger partial charge in [-0.3, -0.25) is 0 Å². The highest BCUT2D eigenvalue weighted by Crippen LogP contribution is 2.30. The van der Waals surface area contributed by atoms with Crippen molar-refractivity contribution in [1.29, 1.82) is 0 Å². The van der Waals surface area contributed by atoms with Gasteiger partial charge in [0.2, 0.25) is 0 Å². The van der Waals surface area contributed by atoms with Crippen LogP contribution in [0.5, 0.6) is 0 Å². The summed E-state index contributed by atoms with van der Waals surface area (Å²) >= 11 is 7.76. The molecule has 17 heavy (non-hydrogen) atoms. The van der Waals surface area contributed by atoms with E-state index in [1.54, 1.807) is 11.3 Å². The molecule has 4 heteroatoms. The van der Waals surface area contributed by atoms with Gasteiger partial charge in [0.25, 0.3) is 0 Å². The molecule has 0 radical (unpaired) electrons. The van der Waals surface area contributed by atoms with Crippen molar-refractivity contribution >= 4 is 22.9 Å². The van der Waals surface area contributed by atoms with E-state index in [-0.39, 0.29) is 0 Å². The fourth-order valence-electron chi connectivity index (χ4n) is 2.63.